The fourth-order valence-corrected chi connectivity index (χ4v) is 3.54. The van der Waals surface area contributed by atoms with Crippen LogP contribution in [0, 0.1) is 0 Å². The van der Waals surface area contributed by atoms with Crippen LogP contribution < -0.4 is 10.6 Å². The molecule has 3 aromatic rings. The van der Waals surface area contributed by atoms with Crippen molar-refractivity contribution in [1.29, 1.82) is 0 Å². The molecule has 128 valence electrons. The predicted octanol–water partition coefficient (Wildman–Crippen LogP) is 2.97. The van der Waals surface area contributed by atoms with Gasteiger partial charge in [0.05, 0.1) is 0 Å². The van der Waals surface area contributed by atoms with Gasteiger partial charge in [-0.05, 0) is 34.7 Å². The minimum Gasteiger partial charge on any atom is -0.374 e. The molecule has 0 saturated heterocycles. The molecule has 1 aromatic heterocycles. The van der Waals surface area contributed by atoms with E-state index < -0.39 is 0 Å². The lowest BCUT2D eigenvalue weighted by atomic mass is 10.1. The molecule has 0 bridgehead atoms. The van der Waals surface area contributed by atoms with E-state index in [0.717, 1.165) is 37.3 Å². The summed E-state index contributed by atoms with van der Waals surface area (Å²) in [6.07, 6.45) is 5.96. The Hall–Kier alpha value is -2.59. The molecular formula is C21H24N4. The van der Waals surface area contributed by atoms with Gasteiger partial charge in [0.25, 0.3) is 0 Å². The maximum Gasteiger partial charge on any atom is 0.113 e. The van der Waals surface area contributed by atoms with Crippen molar-refractivity contribution in [3.05, 3.63) is 82.9 Å². The Bertz CT molecular complexity index is 864. The summed E-state index contributed by atoms with van der Waals surface area (Å²) in [6, 6.07) is 15.3. The van der Waals surface area contributed by atoms with E-state index in [1.165, 1.54) is 22.4 Å². The molecule has 2 heterocycles. The molecule has 25 heavy (non-hydrogen) atoms. The van der Waals surface area contributed by atoms with E-state index in [-0.39, 0.29) is 0 Å². The lowest BCUT2D eigenvalue weighted by molar-refractivity contribution is 0.740. The number of aromatic nitrogens is 2. The normalized spacial score (nSPS) is 13.3. The Labute approximate surface area is 148 Å². The van der Waals surface area contributed by atoms with Crippen LogP contribution in [-0.4, -0.2) is 23.1 Å². The van der Waals surface area contributed by atoms with Crippen LogP contribution in [0.1, 0.15) is 28.1 Å². The van der Waals surface area contributed by atoms with E-state index in [0.29, 0.717) is 6.54 Å². The average molecular weight is 332 g/mol. The molecule has 2 N–H and O–H groups in total. The van der Waals surface area contributed by atoms with Crippen molar-refractivity contribution in [2.75, 3.05) is 18.5 Å². The van der Waals surface area contributed by atoms with Gasteiger partial charge in [0.1, 0.15) is 5.82 Å². The first kappa shape index (κ1) is 15.9. The summed E-state index contributed by atoms with van der Waals surface area (Å²) in [5.41, 5.74) is 12.3. The molecule has 0 amide bonds. The highest BCUT2D eigenvalue weighted by Gasteiger charge is 2.16. The molecule has 4 heteroatoms. The van der Waals surface area contributed by atoms with Crippen molar-refractivity contribution in [3.63, 3.8) is 0 Å². The van der Waals surface area contributed by atoms with Crippen LogP contribution in [-0.2, 0) is 25.9 Å². The van der Waals surface area contributed by atoms with Crippen LogP contribution in [0.5, 0.6) is 0 Å². The van der Waals surface area contributed by atoms with E-state index in [4.69, 9.17) is 5.73 Å². The monoisotopic (exact) mass is 332 g/mol. The zero-order chi connectivity index (χ0) is 17.2. The van der Waals surface area contributed by atoms with Gasteiger partial charge in [0, 0.05) is 51.2 Å². The highest BCUT2D eigenvalue weighted by molar-refractivity contribution is 5.58. The Balaban J connectivity index is 1.51. The third-order valence-corrected chi connectivity index (χ3v) is 5.05. The molecule has 4 rings (SSSR count). The van der Waals surface area contributed by atoms with Crippen molar-refractivity contribution < 1.29 is 0 Å². The molecule has 2 aromatic carbocycles. The zero-order valence-electron chi connectivity index (χ0n) is 14.7. The van der Waals surface area contributed by atoms with E-state index >= 15 is 0 Å². The second kappa shape index (κ2) is 6.73. The summed E-state index contributed by atoms with van der Waals surface area (Å²) in [6.45, 7) is 2.55. The predicted molar refractivity (Wildman–Crippen MR) is 102 cm³/mol. The van der Waals surface area contributed by atoms with E-state index in [2.05, 4.69) is 70.2 Å². The van der Waals surface area contributed by atoms with Crippen LogP contribution >= 0.6 is 0 Å². The van der Waals surface area contributed by atoms with E-state index in [9.17, 15) is 0 Å². The second-order valence-electron chi connectivity index (χ2n) is 6.80. The highest BCUT2D eigenvalue weighted by atomic mass is 15.1. The van der Waals surface area contributed by atoms with Gasteiger partial charge >= 0.3 is 0 Å². The molecule has 4 nitrogen and oxygen atoms in total. The van der Waals surface area contributed by atoms with Gasteiger partial charge in [0.15, 0.2) is 0 Å². The molecule has 1 aliphatic rings. The summed E-state index contributed by atoms with van der Waals surface area (Å²) in [7, 11) is 2.16. The fraction of sp³-hybridized carbons (Fsp3) is 0.286. The van der Waals surface area contributed by atoms with Crippen LogP contribution in [0.15, 0.2) is 54.9 Å². The number of likely N-dealkylation sites (N-methyl/N-ethyl adjacent to an activating group) is 1. The Morgan fingerprint density at radius 3 is 2.60 bits per heavy atom. The smallest absolute Gasteiger partial charge is 0.113 e. The number of nitrogens with two attached hydrogens (primary N) is 1. The van der Waals surface area contributed by atoms with Crippen molar-refractivity contribution >= 4 is 5.69 Å². The first-order valence-electron chi connectivity index (χ1n) is 8.84. The highest BCUT2D eigenvalue weighted by Crippen LogP contribution is 2.28. The summed E-state index contributed by atoms with van der Waals surface area (Å²) in [4.78, 5) is 6.91. The molecule has 1 aliphatic heterocycles. The van der Waals surface area contributed by atoms with Gasteiger partial charge in [-0.1, -0.05) is 36.4 Å². The van der Waals surface area contributed by atoms with Crippen LogP contribution in [0.4, 0.5) is 5.69 Å². The largest absolute Gasteiger partial charge is 0.374 e. The molecular weight excluding hydrogens is 308 g/mol. The standard InChI is InChI=1S/C21H24N4/c1-24-10-8-19-12-18(6-7-20(19)24)13-21-23-9-11-25(21)15-17-4-2-16(14-22)3-5-17/h2-7,9,11-12H,8,10,13-15,22H2,1H3. The van der Waals surface area contributed by atoms with E-state index in [1.807, 2.05) is 6.20 Å². The van der Waals surface area contributed by atoms with Crippen molar-refractivity contribution in [1.82, 2.24) is 9.55 Å². The minimum atomic E-state index is 0.587. The third kappa shape index (κ3) is 3.30. The van der Waals surface area contributed by atoms with Crippen molar-refractivity contribution in [2.24, 2.45) is 5.73 Å². The molecule has 0 radical (unpaired) electrons. The van der Waals surface area contributed by atoms with E-state index in [1.54, 1.807) is 0 Å². The van der Waals surface area contributed by atoms with Gasteiger partial charge in [-0.3, -0.25) is 0 Å². The topological polar surface area (TPSA) is 47.1 Å². The molecule has 0 atom stereocenters. The lowest BCUT2D eigenvalue weighted by Crippen LogP contribution is -2.12. The maximum atomic E-state index is 5.68. The van der Waals surface area contributed by atoms with Gasteiger partial charge in [-0.25, -0.2) is 4.98 Å². The molecule has 0 unspecified atom stereocenters. The first-order valence-corrected chi connectivity index (χ1v) is 8.84. The number of nitrogens with zero attached hydrogens (tertiary/aromatic N) is 3. The maximum absolute atomic E-state index is 5.68. The van der Waals surface area contributed by atoms with Gasteiger partial charge in [-0.15, -0.1) is 0 Å². The Morgan fingerprint density at radius 1 is 1.04 bits per heavy atom. The van der Waals surface area contributed by atoms with Crippen molar-refractivity contribution in [3.8, 4) is 0 Å². The number of fused-ring (bicyclic) bond motifs is 1. The molecule has 0 spiro atoms. The minimum absolute atomic E-state index is 0.587. The molecule has 0 aliphatic carbocycles. The summed E-state index contributed by atoms with van der Waals surface area (Å²) >= 11 is 0. The quantitative estimate of drug-likeness (QED) is 0.781. The number of rotatable bonds is 5. The van der Waals surface area contributed by atoms with Gasteiger partial charge in [-0.2, -0.15) is 0 Å². The summed E-state index contributed by atoms with van der Waals surface area (Å²) in [5, 5.41) is 0. The van der Waals surface area contributed by atoms with Crippen LogP contribution in [0.25, 0.3) is 0 Å². The third-order valence-electron chi connectivity index (χ3n) is 5.05. The van der Waals surface area contributed by atoms with Crippen LogP contribution in [0.2, 0.25) is 0 Å². The Kier molecular flexibility index (Phi) is 4.28. The Morgan fingerprint density at radius 2 is 1.80 bits per heavy atom. The number of hydrogen-bond acceptors (Lipinski definition) is 3. The zero-order valence-corrected chi connectivity index (χ0v) is 14.7. The van der Waals surface area contributed by atoms with Gasteiger partial charge < -0.3 is 15.2 Å². The van der Waals surface area contributed by atoms with Crippen molar-refractivity contribution in [2.45, 2.75) is 25.9 Å². The second-order valence-corrected chi connectivity index (χ2v) is 6.80. The lowest BCUT2D eigenvalue weighted by Gasteiger charge is -2.13. The number of anilines is 1. The van der Waals surface area contributed by atoms with Crippen LogP contribution in [0.3, 0.4) is 0 Å². The fourth-order valence-electron chi connectivity index (χ4n) is 3.54. The van der Waals surface area contributed by atoms with Gasteiger partial charge in [0.2, 0.25) is 0 Å². The number of imidazole rings is 1. The summed E-state index contributed by atoms with van der Waals surface area (Å²) in [5.74, 6) is 1.11. The number of hydrogen-bond donors (Lipinski definition) is 1. The number of benzene rings is 2. The summed E-state index contributed by atoms with van der Waals surface area (Å²) < 4.78 is 2.23. The first-order chi connectivity index (χ1) is 12.2. The molecule has 0 saturated carbocycles. The SMILES string of the molecule is CN1CCc2cc(Cc3nccn3Cc3ccc(CN)cc3)ccc21. The average Bonchev–Trinajstić information content (AvgIpc) is 3.22. The molecule has 0 fully saturated rings.